The van der Waals surface area contributed by atoms with Crippen LogP contribution in [0, 0.1) is 0 Å². The molecule has 0 saturated carbocycles. The fourth-order valence-electron chi connectivity index (χ4n) is 2.18. The highest BCUT2D eigenvalue weighted by Crippen LogP contribution is 2.11. The van der Waals surface area contributed by atoms with E-state index in [4.69, 9.17) is 16.3 Å². The highest BCUT2D eigenvalue weighted by molar-refractivity contribution is 6.30. The van der Waals surface area contributed by atoms with E-state index in [-0.39, 0.29) is 5.91 Å². The van der Waals surface area contributed by atoms with Gasteiger partial charge in [-0.25, -0.2) is 4.52 Å². The number of hydrogen-bond acceptors (Lipinski definition) is 5. The summed E-state index contributed by atoms with van der Waals surface area (Å²) in [5.41, 5.74) is 0.710. The number of nitrogens with zero attached hydrogens (tertiary/aromatic N) is 4. The SMILES string of the molecule is O=C(CCNc1nc2ccc(Cl)cn2n1)N1CCOCC1. The van der Waals surface area contributed by atoms with Gasteiger partial charge in [0.1, 0.15) is 0 Å². The molecule has 1 aliphatic rings. The predicted molar refractivity (Wildman–Crippen MR) is 78.5 cm³/mol. The Morgan fingerprint density at radius 1 is 1.38 bits per heavy atom. The summed E-state index contributed by atoms with van der Waals surface area (Å²) in [6.45, 7) is 3.08. The van der Waals surface area contributed by atoms with Crippen LogP contribution in [0.15, 0.2) is 18.3 Å². The van der Waals surface area contributed by atoms with Gasteiger partial charge < -0.3 is 15.0 Å². The molecule has 3 heterocycles. The van der Waals surface area contributed by atoms with Crippen LogP contribution in [0.2, 0.25) is 5.02 Å². The molecule has 1 N–H and O–H groups in total. The summed E-state index contributed by atoms with van der Waals surface area (Å²) >= 11 is 5.89. The van der Waals surface area contributed by atoms with Crippen molar-refractivity contribution in [1.29, 1.82) is 0 Å². The third kappa shape index (κ3) is 3.43. The monoisotopic (exact) mass is 309 g/mol. The Morgan fingerprint density at radius 2 is 2.19 bits per heavy atom. The number of ether oxygens (including phenoxy) is 1. The Bertz CT molecular complexity index is 639. The van der Waals surface area contributed by atoms with Gasteiger partial charge in [-0.1, -0.05) is 11.6 Å². The zero-order chi connectivity index (χ0) is 14.7. The van der Waals surface area contributed by atoms with E-state index in [9.17, 15) is 4.79 Å². The van der Waals surface area contributed by atoms with Crippen LogP contribution < -0.4 is 5.32 Å². The number of amides is 1. The molecule has 0 aromatic carbocycles. The van der Waals surface area contributed by atoms with Crippen molar-refractivity contribution in [1.82, 2.24) is 19.5 Å². The van der Waals surface area contributed by atoms with Crippen molar-refractivity contribution < 1.29 is 9.53 Å². The maximum Gasteiger partial charge on any atom is 0.243 e. The average Bonchev–Trinajstić information content (AvgIpc) is 2.89. The van der Waals surface area contributed by atoms with Crippen LogP contribution in [-0.2, 0) is 9.53 Å². The largest absolute Gasteiger partial charge is 0.378 e. The van der Waals surface area contributed by atoms with Crippen LogP contribution in [0.4, 0.5) is 5.95 Å². The van der Waals surface area contributed by atoms with Gasteiger partial charge in [-0.2, -0.15) is 4.98 Å². The molecule has 1 saturated heterocycles. The molecule has 0 atom stereocenters. The topological polar surface area (TPSA) is 71.8 Å². The Hall–Kier alpha value is -1.86. The first-order valence-electron chi connectivity index (χ1n) is 6.84. The van der Waals surface area contributed by atoms with Crippen molar-refractivity contribution in [2.45, 2.75) is 6.42 Å². The van der Waals surface area contributed by atoms with E-state index >= 15 is 0 Å². The van der Waals surface area contributed by atoms with Crippen LogP contribution in [0.5, 0.6) is 0 Å². The van der Waals surface area contributed by atoms with E-state index in [0.717, 1.165) is 0 Å². The number of fused-ring (bicyclic) bond motifs is 1. The summed E-state index contributed by atoms with van der Waals surface area (Å²) in [4.78, 5) is 18.1. The van der Waals surface area contributed by atoms with E-state index in [1.165, 1.54) is 0 Å². The highest BCUT2D eigenvalue weighted by Gasteiger charge is 2.16. The summed E-state index contributed by atoms with van der Waals surface area (Å²) < 4.78 is 6.83. The number of rotatable bonds is 4. The molecule has 21 heavy (non-hydrogen) atoms. The van der Waals surface area contributed by atoms with Gasteiger partial charge in [-0.05, 0) is 12.1 Å². The van der Waals surface area contributed by atoms with E-state index < -0.39 is 0 Å². The Kier molecular flexibility index (Phi) is 4.21. The maximum atomic E-state index is 12.0. The van der Waals surface area contributed by atoms with Crippen LogP contribution in [0.3, 0.4) is 0 Å². The van der Waals surface area contributed by atoms with E-state index in [2.05, 4.69) is 15.4 Å². The first-order chi connectivity index (χ1) is 10.2. The van der Waals surface area contributed by atoms with Crippen LogP contribution in [0.25, 0.3) is 5.65 Å². The minimum atomic E-state index is 0.123. The van der Waals surface area contributed by atoms with Crippen molar-refractivity contribution in [3.63, 3.8) is 0 Å². The summed E-state index contributed by atoms with van der Waals surface area (Å²) in [6.07, 6.45) is 2.10. The zero-order valence-corrected chi connectivity index (χ0v) is 12.2. The molecule has 0 radical (unpaired) electrons. The standard InChI is InChI=1S/C13H16ClN5O2/c14-10-1-2-11-16-13(17-19(11)9-10)15-4-3-12(20)18-5-7-21-8-6-18/h1-2,9H,3-8H2,(H,15,17). The Labute approximate surface area is 126 Å². The number of morpholine rings is 1. The minimum Gasteiger partial charge on any atom is -0.378 e. The maximum absolute atomic E-state index is 12.0. The zero-order valence-electron chi connectivity index (χ0n) is 11.5. The average molecular weight is 310 g/mol. The normalized spacial score (nSPS) is 15.4. The van der Waals surface area contributed by atoms with Crippen molar-refractivity contribution >= 4 is 29.1 Å². The second-order valence-corrected chi connectivity index (χ2v) is 5.19. The van der Waals surface area contributed by atoms with Crippen molar-refractivity contribution in [3.05, 3.63) is 23.4 Å². The summed E-state index contributed by atoms with van der Waals surface area (Å²) in [7, 11) is 0. The van der Waals surface area contributed by atoms with Gasteiger partial charge in [-0.15, -0.1) is 5.10 Å². The molecule has 0 spiro atoms. The number of carbonyl (C=O) groups is 1. The van der Waals surface area contributed by atoms with E-state index in [1.54, 1.807) is 22.8 Å². The molecule has 3 rings (SSSR count). The predicted octanol–water partition coefficient (Wildman–Crippen LogP) is 1.04. The molecule has 1 amide bonds. The molecule has 8 heteroatoms. The van der Waals surface area contributed by atoms with Crippen molar-refractivity contribution in [3.8, 4) is 0 Å². The smallest absolute Gasteiger partial charge is 0.243 e. The highest BCUT2D eigenvalue weighted by atomic mass is 35.5. The molecule has 112 valence electrons. The van der Waals surface area contributed by atoms with Gasteiger partial charge in [0.05, 0.1) is 18.2 Å². The van der Waals surface area contributed by atoms with Crippen molar-refractivity contribution in [2.75, 3.05) is 38.2 Å². The molecule has 7 nitrogen and oxygen atoms in total. The lowest BCUT2D eigenvalue weighted by molar-refractivity contribution is -0.134. The first kappa shape index (κ1) is 14.1. The van der Waals surface area contributed by atoms with Gasteiger partial charge in [-0.3, -0.25) is 4.79 Å². The summed E-state index contributed by atoms with van der Waals surface area (Å²) in [5.74, 6) is 0.615. The Morgan fingerprint density at radius 3 is 3.00 bits per heavy atom. The van der Waals surface area contributed by atoms with Crippen LogP contribution in [0.1, 0.15) is 6.42 Å². The van der Waals surface area contributed by atoms with Crippen LogP contribution in [-0.4, -0.2) is 58.3 Å². The first-order valence-corrected chi connectivity index (χ1v) is 7.21. The van der Waals surface area contributed by atoms with Crippen LogP contribution >= 0.6 is 11.6 Å². The fourth-order valence-corrected chi connectivity index (χ4v) is 2.34. The van der Waals surface area contributed by atoms with Gasteiger partial charge in [0.2, 0.25) is 11.9 Å². The van der Waals surface area contributed by atoms with Crippen molar-refractivity contribution in [2.24, 2.45) is 0 Å². The van der Waals surface area contributed by atoms with Gasteiger partial charge in [0, 0.05) is 32.3 Å². The summed E-state index contributed by atoms with van der Waals surface area (Å²) in [5, 5.41) is 7.91. The summed E-state index contributed by atoms with van der Waals surface area (Å²) in [6, 6.07) is 3.55. The molecule has 0 unspecified atom stereocenters. The molecule has 2 aromatic heterocycles. The Balaban J connectivity index is 1.53. The third-order valence-electron chi connectivity index (χ3n) is 3.28. The quantitative estimate of drug-likeness (QED) is 0.914. The lowest BCUT2D eigenvalue weighted by Gasteiger charge is -2.26. The van der Waals surface area contributed by atoms with E-state index in [1.807, 2.05) is 4.90 Å². The minimum absolute atomic E-state index is 0.123. The molecule has 0 bridgehead atoms. The second-order valence-electron chi connectivity index (χ2n) is 4.76. The molecular formula is C13H16ClN5O2. The number of nitrogens with one attached hydrogen (secondary N) is 1. The van der Waals surface area contributed by atoms with E-state index in [0.29, 0.717) is 55.9 Å². The fraction of sp³-hybridized carbons (Fsp3) is 0.462. The second kappa shape index (κ2) is 6.28. The number of carbonyl (C=O) groups excluding carboxylic acids is 1. The van der Waals surface area contributed by atoms with Gasteiger partial charge in [0.25, 0.3) is 0 Å². The molecular weight excluding hydrogens is 294 g/mol. The third-order valence-corrected chi connectivity index (χ3v) is 3.50. The number of aromatic nitrogens is 3. The van der Waals surface area contributed by atoms with Gasteiger partial charge in [0.15, 0.2) is 5.65 Å². The molecule has 2 aromatic rings. The number of halogens is 1. The van der Waals surface area contributed by atoms with Gasteiger partial charge >= 0.3 is 0 Å². The lowest BCUT2D eigenvalue weighted by atomic mass is 10.3. The number of hydrogen-bond donors (Lipinski definition) is 1. The number of anilines is 1. The number of pyridine rings is 1. The lowest BCUT2D eigenvalue weighted by Crippen LogP contribution is -2.41. The molecule has 1 fully saturated rings. The molecule has 1 aliphatic heterocycles. The molecule has 0 aliphatic carbocycles.